The van der Waals surface area contributed by atoms with Crippen LogP contribution >= 0.6 is 11.3 Å². The van der Waals surface area contributed by atoms with Crippen LogP contribution in [0.25, 0.3) is 0 Å². The quantitative estimate of drug-likeness (QED) is 0.757. The van der Waals surface area contributed by atoms with Gasteiger partial charge in [-0.15, -0.1) is 11.3 Å². The van der Waals surface area contributed by atoms with Gasteiger partial charge in [0.2, 0.25) is 5.91 Å². The summed E-state index contributed by atoms with van der Waals surface area (Å²) in [5.41, 5.74) is 0.933. The number of fused-ring (bicyclic) bond motifs is 2. The molecule has 3 amide bonds. The second kappa shape index (κ2) is 9.07. The van der Waals surface area contributed by atoms with Crippen LogP contribution in [0.1, 0.15) is 39.3 Å². The summed E-state index contributed by atoms with van der Waals surface area (Å²) in [6, 6.07) is 8.47. The van der Waals surface area contributed by atoms with Crippen molar-refractivity contribution >= 4 is 34.7 Å². The van der Waals surface area contributed by atoms with E-state index in [-0.39, 0.29) is 42.6 Å². The van der Waals surface area contributed by atoms with Crippen LogP contribution in [-0.2, 0) is 9.53 Å². The van der Waals surface area contributed by atoms with Crippen molar-refractivity contribution in [2.75, 3.05) is 26.0 Å². The first-order valence-corrected chi connectivity index (χ1v) is 11.1. The lowest BCUT2D eigenvalue weighted by Gasteiger charge is -2.42. The predicted molar refractivity (Wildman–Crippen MR) is 117 cm³/mol. The molecule has 2 aromatic rings. The highest BCUT2D eigenvalue weighted by Gasteiger charge is 2.39. The molecule has 31 heavy (non-hydrogen) atoms. The van der Waals surface area contributed by atoms with Crippen molar-refractivity contribution in [3.63, 3.8) is 0 Å². The normalized spacial score (nSPS) is 23.0. The van der Waals surface area contributed by atoms with Gasteiger partial charge in [-0.3, -0.25) is 14.4 Å². The maximum absolute atomic E-state index is 13.2. The summed E-state index contributed by atoms with van der Waals surface area (Å²) in [5, 5.41) is 7.29. The molecule has 0 radical (unpaired) electrons. The maximum atomic E-state index is 13.2. The third-order valence-electron chi connectivity index (χ3n) is 5.71. The highest BCUT2D eigenvalue weighted by atomic mass is 32.1. The van der Waals surface area contributed by atoms with E-state index >= 15 is 0 Å². The van der Waals surface area contributed by atoms with Crippen LogP contribution in [-0.4, -0.2) is 61.6 Å². The second-order valence-electron chi connectivity index (χ2n) is 7.69. The number of carbonyl (C=O) groups is 3. The number of anilines is 1. The Labute approximate surface area is 184 Å². The average Bonchev–Trinajstić information content (AvgIpc) is 3.32. The largest absolute Gasteiger partial charge is 0.490 e. The van der Waals surface area contributed by atoms with Crippen molar-refractivity contribution in [3.05, 3.63) is 46.2 Å². The zero-order valence-corrected chi connectivity index (χ0v) is 18.2. The Hall–Kier alpha value is -2.91. The van der Waals surface area contributed by atoms with E-state index in [4.69, 9.17) is 9.47 Å². The first-order valence-electron chi connectivity index (χ1n) is 10.2. The molecule has 1 aromatic carbocycles. The predicted octanol–water partition coefficient (Wildman–Crippen LogP) is 2.52. The molecule has 9 heteroatoms. The smallest absolute Gasteiger partial charge is 0.265 e. The Kier molecular flexibility index (Phi) is 6.24. The van der Waals surface area contributed by atoms with E-state index in [0.717, 1.165) is 6.42 Å². The summed E-state index contributed by atoms with van der Waals surface area (Å²) < 4.78 is 12.1. The van der Waals surface area contributed by atoms with E-state index in [2.05, 4.69) is 10.6 Å². The molecule has 4 rings (SSSR count). The number of hydrogen-bond donors (Lipinski definition) is 2. The van der Waals surface area contributed by atoms with Gasteiger partial charge in [-0.2, -0.15) is 0 Å². The Morgan fingerprint density at radius 2 is 2.10 bits per heavy atom. The number of likely N-dealkylation sites (N-methyl/N-ethyl adjacent to an activating group) is 1. The van der Waals surface area contributed by atoms with E-state index in [9.17, 15) is 14.4 Å². The Bertz CT molecular complexity index is 978. The molecule has 0 unspecified atom stereocenters. The Morgan fingerprint density at radius 3 is 2.84 bits per heavy atom. The molecule has 3 atom stereocenters. The van der Waals surface area contributed by atoms with Crippen LogP contribution < -0.4 is 15.4 Å². The molecule has 2 aliphatic rings. The van der Waals surface area contributed by atoms with Crippen molar-refractivity contribution in [1.82, 2.24) is 10.2 Å². The lowest BCUT2D eigenvalue weighted by Crippen LogP contribution is -2.53. The molecule has 8 nitrogen and oxygen atoms in total. The number of nitrogens with zero attached hydrogens (tertiary/aromatic N) is 1. The number of hydrogen-bond acceptors (Lipinski definition) is 6. The van der Waals surface area contributed by atoms with E-state index in [0.29, 0.717) is 34.7 Å². The minimum Gasteiger partial charge on any atom is -0.490 e. The molecule has 1 saturated heterocycles. The van der Waals surface area contributed by atoms with Gasteiger partial charge >= 0.3 is 0 Å². The lowest BCUT2D eigenvalue weighted by atomic mass is 9.94. The van der Waals surface area contributed by atoms with Gasteiger partial charge in [-0.1, -0.05) is 6.07 Å². The topological polar surface area (TPSA) is 97.0 Å². The van der Waals surface area contributed by atoms with Crippen LogP contribution in [0.3, 0.4) is 0 Å². The number of amides is 3. The molecule has 0 spiro atoms. The molecular weight excluding hydrogens is 418 g/mol. The second-order valence-corrected chi connectivity index (χ2v) is 8.64. The van der Waals surface area contributed by atoms with E-state index in [1.807, 2.05) is 11.4 Å². The number of rotatable bonds is 4. The summed E-state index contributed by atoms with van der Waals surface area (Å²) in [5.74, 6) is -0.0285. The van der Waals surface area contributed by atoms with E-state index in [1.165, 1.54) is 11.3 Å². The fourth-order valence-electron chi connectivity index (χ4n) is 4.01. The number of ether oxygens (including phenoxy) is 2. The highest BCUT2D eigenvalue weighted by Crippen LogP contribution is 2.32. The summed E-state index contributed by atoms with van der Waals surface area (Å²) >= 11 is 1.35. The number of thiophene rings is 1. The van der Waals surface area contributed by atoms with Crippen molar-refractivity contribution in [3.8, 4) is 5.75 Å². The lowest BCUT2D eigenvalue weighted by molar-refractivity contribution is -0.133. The third-order valence-corrected chi connectivity index (χ3v) is 6.58. The molecule has 0 bridgehead atoms. The van der Waals surface area contributed by atoms with Crippen molar-refractivity contribution in [1.29, 1.82) is 0 Å². The number of carbonyl (C=O) groups excluding carboxylic acids is 3. The fraction of sp³-hybridized carbons (Fsp3) is 0.409. The van der Waals surface area contributed by atoms with Gasteiger partial charge in [0.25, 0.3) is 11.8 Å². The first kappa shape index (κ1) is 21.3. The molecule has 1 aromatic heterocycles. The molecule has 2 N–H and O–H groups in total. The zero-order valence-electron chi connectivity index (χ0n) is 17.4. The van der Waals surface area contributed by atoms with Gasteiger partial charge < -0.3 is 25.0 Å². The average molecular weight is 444 g/mol. The molecule has 3 heterocycles. The van der Waals surface area contributed by atoms with Crippen LogP contribution in [0.4, 0.5) is 5.69 Å². The van der Waals surface area contributed by atoms with Crippen LogP contribution in [0.2, 0.25) is 0 Å². The van der Waals surface area contributed by atoms with Gasteiger partial charge in [0, 0.05) is 19.8 Å². The maximum Gasteiger partial charge on any atom is 0.265 e. The summed E-state index contributed by atoms with van der Waals surface area (Å²) in [7, 11) is 3.36. The Morgan fingerprint density at radius 1 is 1.26 bits per heavy atom. The summed E-state index contributed by atoms with van der Waals surface area (Å²) in [6.45, 7) is 0.278. The van der Waals surface area contributed by atoms with Crippen LogP contribution in [0.15, 0.2) is 35.7 Å². The van der Waals surface area contributed by atoms with Gasteiger partial charge in [0.1, 0.15) is 18.5 Å². The van der Waals surface area contributed by atoms with Gasteiger partial charge in [-0.05, 0) is 42.5 Å². The van der Waals surface area contributed by atoms with Crippen molar-refractivity contribution in [2.45, 2.75) is 37.5 Å². The Balaban J connectivity index is 1.52. The van der Waals surface area contributed by atoms with Crippen molar-refractivity contribution < 1.29 is 23.9 Å². The van der Waals surface area contributed by atoms with Crippen LogP contribution in [0, 0.1) is 0 Å². The van der Waals surface area contributed by atoms with Gasteiger partial charge in [0.15, 0.2) is 0 Å². The van der Waals surface area contributed by atoms with E-state index < -0.39 is 0 Å². The molecule has 2 aliphatic heterocycles. The minimum absolute atomic E-state index is 0.0675. The van der Waals surface area contributed by atoms with Crippen molar-refractivity contribution in [2.24, 2.45) is 0 Å². The van der Waals surface area contributed by atoms with E-state index in [1.54, 1.807) is 43.3 Å². The number of benzene rings is 1. The zero-order chi connectivity index (χ0) is 22.0. The fourth-order valence-corrected chi connectivity index (χ4v) is 4.63. The summed E-state index contributed by atoms with van der Waals surface area (Å²) in [4.78, 5) is 39.6. The third kappa shape index (κ3) is 4.57. The van der Waals surface area contributed by atoms with Gasteiger partial charge in [-0.25, -0.2) is 0 Å². The molecule has 164 valence electrons. The minimum atomic E-state index is -0.316. The molecule has 1 fully saturated rings. The number of nitrogens with one attached hydrogen (secondary N) is 2. The molecule has 0 saturated carbocycles. The monoisotopic (exact) mass is 443 g/mol. The first-order chi connectivity index (χ1) is 15.0. The molecular formula is C22H25N3O5S. The standard InChI is InChI=1S/C22H25N3O5S/c1-23-20(26)11-14-6-7-16-18(30-14)12-29-17-8-5-13(10-15(17)22(28)25(16)2)24-21(27)19-4-3-9-31-19/h3-5,8-10,14,16,18H,6-7,11-12H2,1-2H3,(H,23,26)(H,24,27)/t14-,16+,18-/m1/s1. The highest BCUT2D eigenvalue weighted by molar-refractivity contribution is 7.12. The summed E-state index contributed by atoms with van der Waals surface area (Å²) in [6.07, 6.45) is 1.20. The van der Waals surface area contributed by atoms with Crippen LogP contribution in [0.5, 0.6) is 5.75 Å². The SMILES string of the molecule is CNC(=O)C[C@H]1CC[C@H]2[C@@H](COc3ccc(NC(=O)c4cccs4)cc3C(=O)N2C)O1. The molecule has 0 aliphatic carbocycles. The van der Waals surface area contributed by atoms with Gasteiger partial charge in [0.05, 0.1) is 29.0 Å².